The predicted octanol–water partition coefficient (Wildman–Crippen LogP) is 3.27. The Morgan fingerprint density at radius 3 is 2.33 bits per heavy atom. The molecule has 10 heteroatoms. The Morgan fingerprint density at radius 1 is 1.03 bits per heavy atom. The zero-order chi connectivity index (χ0) is 26.3. The molecule has 0 radical (unpaired) electrons. The number of nitrogens with one attached hydrogen (secondary N) is 2. The molecule has 188 valence electrons. The largest absolute Gasteiger partial charge is 0.325 e. The van der Waals surface area contributed by atoms with Gasteiger partial charge in [0.1, 0.15) is 12.1 Å². The molecule has 1 aliphatic heterocycles. The molecule has 1 saturated heterocycles. The number of anilines is 1. The average molecular weight is 509 g/mol. The van der Waals surface area contributed by atoms with Gasteiger partial charge in [0.25, 0.3) is 5.91 Å². The van der Waals surface area contributed by atoms with Gasteiger partial charge >= 0.3 is 6.03 Å². The fourth-order valence-electron chi connectivity index (χ4n) is 4.18. The molecular weight excluding hydrogens is 480 g/mol. The summed E-state index contributed by atoms with van der Waals surface area (Å²) in [5.41, 5.74) is -0.337. The van der Waals surface area contributed by atoms with Crippen molar-refractivity contribution in [2.45, 2.75) is 37.2 Å². The van der Waals surface area contributed by atoms with Crippen LogP contribution in [0, 0.1) is 0 Å². The Morgan fingerprint density at radius 2 is 1.67 bits per heavy atom. The molecule has 2 N–H and O–H groups in total. The predicted molar refractivity (Wildman–Crippen MR) is 137 cm³/mol. The minimum atomic E-state index is -3.66. The minimum Gasteiger partial charge on any atom is -0.325 e. The number of carbonyl (C=O) groups excluding carboxylic acids is 3. The quantitative estimate of drug-likeness (QED) is 0.475. The molecule has 0 aromatic heterocycles. The van der Waals surface area contributed by atoms with E-state index < -0.39 is 40.0 Å². The highest BCUT2D eigenvalue weighted by molar-refractivity contribution is 7.89. The van der Waals surface area contributed by atoms with Crippen molar-refractivity contribution in [1.82, 2.24) is 14.5 Å². The fraction of sp³-hybridized carbons (Fsp3) is 0.269. The first-order valence-electron chi connectivity index (χ1n) is 11.5. The molecule has 9 nitrogen and oxygen atoms in total. The van der Waals surface area contributed by atoms with Gasteiger partial charge in [-0.3, -0.25) is 14.5 Å². The molecule has 0 bridgehead atoms. The highest BCUT2D eigenvalue weighted by Gasteiger charge is 2.50. The van der Waals surface area contributed by atoms with Crippen LogP contribution in [0.15, 0.2) is 71.6 Å². The first-order valence-corrected chi connectivity index (χ1v) is 12.9. The van der Waals surface area contributed by atoms with Gasteiger partial charge in [-0.15, -0.1) is 0 Å². The van der Waals surface area contributed by atoms with E-state index in [1.165, 1.54) is 35.6 Å². The van der Waals surface area contributed by atoms with Crippen LogP contribution in [0.3, 0.4) is 0 Å². The zero-order valence-electron chi connectivity index (χ0n) is 20.5. The third-order valence-electron chi connectivity index (χ3n) is 6.45. The van der Waals surface area contributed by atoms with Crippen LogP contribution in [-0.2, 0) is 25.2 Å². The van der Waals surface area contributed by atoms with Crippen molar-refractivity contribution < 1.29 is 22.8 Å². The van der Waals surface area contributed by atoms with Gasteiger partial charge < -0.3 is 10.6 Å². The van der Waals surface area contributed by atoms with Crippen molar-refractivity contribution in [3.8, 4) is 0 Å². The van der Waals surface area contributed by atoms with E-state index in [9.17, 15) is 22.8 Å². The summed E-state index contributed by atoms with van der Waals surface area (Å²) in [5, 5.41) is 7.12. The summed E-state index contributed by atoms with van der Waals surface area (Å²) < 4.78 is 26.5. The Bertz CT molecular complexity index is 1450. The maximum absolute atomic E-state index is 13.3. The van der Waals surface area contributed by atoms with Gasteiger partial charge in [0.2, 0.25) is 15.9 Å². The van der Waals surface area contributed by atoms with Gasteiger partial charge in [0.15, 0.2) is 0 Å². The second kappa shape index (κ2) is 9.36. The lowest BCUT2D eigenvalue weighted by Gasteiger charge is -2.24. The zero-order valence-corrected chi connectivity index (χ0v) is 21.3. The summed E-state index contributed by atoms with van der Waals surface area (Å²) in [7, 11) is -2.16. The summed E-state index contributed by atoms with van der Waals surface area (Å²) in [6, 6.07) is 17.9. The van der Waals surface area contributed by atoms with E-state index in [1.54, 1.807) is 26.8 Å². The molecule has 0 spiro atoms. The number of hydrogen-bond acceptors (Lipinski definition) is 5. The number of hydrogen-bond donors (Lipinski definition) is 2. The molecule has 1 fully saturated rings. The first kappa shape index (κ1) is 25.3. The molecule has 0 aliphatic carbocycles. The normalized spacial score (nSPS) is 18.2. The monoisotopic (exact) mass is 508 g/mol. The summed E-state index contributed by atoms with van der Waals surface area (Å²) >= 11 is 0. The maximum Gasteiger partial charge on any atom is 0.325 e. The second-order valence-corrected chi connectivity index (χ2v) is 11.2. The Labute approximate surface area is 210 Å². The summed E-state index contributed by atoms with van der Waals surface area (Å²) in [6.45, 7) is 4.68. The van der Waals surface area contributed by atoms with Crippen molar-refractivity contribution in [3.05, 3.63) is 72.3 Å². The van der Waals surface area contributed by atoms with Crippen molar-refractivity contribution in [2.24, 2.45) is 0 Å². The third-order valence-corrected chi connectivity index (χ3v) is 8.50. The third kappa shape index (κ3) is 4.45. The van der Waals surface area contributed by atoms with Crippen molar-refractivity contribution in [3.63, 3.8) is 0 Å². The first-order chi connectivity index (χ1) is 16.9. The van der Waals surface area contributed by atoms with Gasteiger partial charge in [-0.25, -0.2) is 13.2 Å². The van der Waals surface area contributed by atoms with Crippen molar-refractivity contribution in [1.29, 1.82) is 0 Å². The number of urea groups is 1. The van der Waals surface area contributed by atoms with Crippen LogP contribution in [0.1, 0.15) is 26.3 Å². The lowest BCUT2D eigenvalue weighted by molar-refractivity contribution is -0.133. The van der Waals surface area contributed by atoms with Crippen LogP contribution in [-0.4, -0.2) is 55.1 Å². The highest BCUT2D eigenvalue weighted by Crippen LogP contribution is 2.33. The fourth-order valence-corrected chi connectivity index (χ4v) is 5.55. The van der Waals surface area contributed by atoms with Crippen LogP contribution in [0.25, 0.3) is 10.8 Å². The molecule has 3 aromatic rings. The number of nitrogens with zero attached hydrogens (tertiary/aromatic N) is 2. The number of sulfonamides is 1. The van der Waals surface area contributed by atoms with Gasteiger partial charge in [0, 0.05) is 18.8 Å². The minimum absolute atomic E-state index is 0.0941. The molecular formula is C26H28N4O5S. The number of rotatable bonds is 7. The smallest absolute Gasteiger partial charge is 0.325 e. The highest BCUT2D eigenvalue weighted by atomic mass is 32.2. The van der Waals surface area contributed by atoms with E-state index in [1.807, 2.05) is 36.4 Å². The van der Waals surface area contributed by atoms with Crippen molar-refractivity contribution in [2.75, 3.05) is 18.9 Å². The van der Waals surface area contributed by atoms with E-state index in [0.717, 1.165) is 15.7 Å². The standard InChI is InChI=1S/C26H28N4O5S/c1-17(2)29(4)36(34,35)20-14-12-19(13-15-20)27-23(31)16-30-24(32)26(3,28-25(30)33)22-11-7-9-18-8-5-6-10-21(18)22/h5-15,17H,16H2,1-4H3,(H,27,31)(H,28,33)/t26-/m0/s1. The van der Waals surface area contributed by atoms with E-state index in [4.69, 9.17) is 0 Å². The second-order valence-electron chi connectivity index (χ2n) is 9.16. The maximum atomic E-state index is 13.3. The molecule has 4 rings (SSSR count). The molecule has 1 atom stereocenters. The van der Waals surface area contributed by atoms with Gasteiger partial charge in [-0.2, -0.15) is 4.31 Å². The van der Waals surface area contributed by atoms with Crippen LogP contribution in [0.4, 0.5) is 10.5 Å². The van der Waals surface area contributed by atoms with E-state index in [2.05, 4.69) is 10.6 Å². The van der Waals surface area contributed by atoms with Gasteiger partial charge in [-0.05, 0) is 61.4 Å². The Hall–Kier alpha value is -3.76. The van der Waals surface area contributed by atoms with Crippen LogP contribution in [0.2, 0.25) is 0 Å². The number of fused-ring (bicyclic) bond motifs is 1. The molecule has 4 amide bonds. The molecule has 0 saturated carbocycles. The lowest BCUT2D eigenvalue weighted by atomic mass is 9.88. The molecule has 36 heavy (non-hydrogen) atoms. The topological polar surface area (TPSA) is 116 Å². The molecule has 3 aromatic carbocycles. The summed E-state index contributed by atoms with van der Waals surface area (Å²) in [5.74, 6) is -1.12. The number of benzene rings is 3. The van der Waals surface area contributed by atoms with Crippen LogP contribution in [0.5, 0.6) is 0 Å². The van der Waals surface area contributed by atoms with E-state index in [0.29, 0.717) is 11.3 Å². The van der Waals surface area contributed by atoms with Gasteiger partial charge in [-0.1, -0.05) is 42.5 Å². The molecule has 1 aliphatic rings. The Kier molecular flexibility index (Phi) is 6.59. The van der Waals surface area contributed by atoms with Crippen molar-refractivity contribution >= 4 is 44.3 Å². The van der Waals surface area contributed by atoms with Gasteiger partial charge in [0.05, 0.1) is 4.90 Å². The number of imide groups is 1. The van der Waals surface area contributed by atoms with Crippen LogP contribution >= 0.6 is 0 Å². The number of carbonyl (C=O) groups is 3. The van der Waals surface area contributed by atoms with E-state index in [-0.39, 0.29) is 10.9 Å². The number of amides is 4. The average Bonchev–Trinajstić information content (AvgIpc) is 3.07. The molecule has 0 unspecified atom stereocenters. The summed E-state index contributed by atoms with van der Waals surface area (Å²) in [6.07, 6.45) is 0. The Balaban J connectivity index is 1.49. The lowest BCUT2D eigenvalue weighted by Crippen LogP contribution is -2.42. The van der Waals surface area contributed by atoms with E-state index >= 15 is 0 Å². The summed E-state index contributed by atoms with van der Waals surface area (Å²) in [4.78, 5) is 39.7. The SMILES string of the molecule is CC(C)N(C)S(=O)(=O)c1ccc(NC(=O)CN2C(=O)N[C@@](C)(c3cccc4ccccc34)C2=O)cc1. The van der Waals surface area contributed by atoms with Crippen LogP contribution < -0.4 is 10.6 Å². The molecule has 1 heterocycles.